The van der Waals surface area contributed by atoms with E-state index in [2.05, 4.69) is 28.0 Å². The third-order valence-corrected chi connectivity index (χ3v) is 3.41. The van der Waals surface area contributed by atoms with Crippen molar-refractivity contribution in [2.75, 3.05) is 0 Å². The predicted molar refractivity (Wildman–Crippen MR) is 75.3 cm³/mol. The van der Waals surface area contributed by atoms with Crippen LogP contribution in [0.5, 0.6) is 0 Å². The summed E-state index contributed by atoms with van der Waals surface area (Å²) in [5, 5.41) is 14.3. The Kier molecular flexibility index (Phi) is 4.71. The summed E-state index contributed by atoms with van der Waals surface area (Å²) in [5.41, 5.74) is 1.22. The minimum Gasteiger partial charge on any atom is -0.388 e. The second-order valence-corrected chi connectivity index (χ2v) is 5.41. The van der Waals surface area contributed by atoms with E-state index in [0.29, 0.717) is 10.0 Å². The van der Waals surface area contributed by atoms with Crippen molar-refractivity contribution >= 4 is 15.9 Å². The van der Waals surface area contributed by atoms with Gasteiger partial charge in [0.2, 0.25) is 0 Å². The number of aryl methyl sites for hydroxylation is 1. The summed E-state index contributed by atoms with van der Waals surface area (Å²) in [5.74, 6) is -0.311. The van der Waals surface area contributed by atoms with E-state index in [1.807, 2.05) is 6.20 Å². The van der Waals surface area contributed by atoms with Crippen molar-refractivity contribution in [3.05, 3.63) is 52.0 Å². The number of nitrogens with zero attached hydrogens (tertiary/aromatic N) is 2. The molecule has 1 unspecified atom stereocenters. The van der Waals surface area contributed by atoms with E-state index >= 15 is 0 Å². The molecule has 1 aromatic carbocycles. The maximum Gasteiger partial charge on any atom is 0.127 e. The fourth-order valence-corrected chi connectivity index (χ4v) is 2.25. The first kappa shape index (κ1) is 14.2. The molecule has 0 spiro atoms. The van der Waals surface area contributed by atoms with Crippen LogP contribution in [0.15, 0.2) is 35.1 Å². The topological polar surface area (TPSA) is 38.0 Å². The highest BCUT2D eigenvalue weighted by Crippen LogP contribution is 2.22. The van der Waals surface area contributed by atoms with Crippen LogP contribution in [-0.4, -0.2) is 14.9 Å². The molecule has 0 amide bonds. The predicted octanol–water partition coefficient (Wildman–Crippen LogP) is 3.47. The number of aliphatic hydroxyl groups is 1. The molecule has 19 heavy (non-hydrogen) atoms. The van der Waals surface area contributed by atoms with Crippen molar-refractivity contribution in [2.45, 2.75) is 32.4 Å². The minimum absolute atomic E-state index is 0.247. The molecule has 0 bridgehead atoms. The van der Waals surface area contributed by atoms with Gasteiger partial charge in [-0.15, -0.1) is 0 Å². The normalized spacial score (nSPS) is 12.6. The number of hydrogen-bond donors (Lipinski definition) is 1. The quantitative estimate of drug-likeness (QED) is 0.913. The maximum atomic E-state index is 13.7. The van der Waals surface area contributed by atoms with Crippen LogP contribution in [0.2, 0.25) is 0 Å². The molecular formula is C14H16BrFN2O. The van der Waals surface area contributed by atoms with E-state index in [1.54, 1.807) is 23.0 Å². The molecule has 5 heteroatoms. The minimum atomic E-state index is -0.735. The number of halogens is 2. The van der Waals surface area contributed by atoms with Crippen LogP contribution < -0.4 is 0 Å². The molecule has 0 saturated carbocycles. The summed E-state index contributed by atoms with van der Waals surface area (Å²) in [6.45, 7) is 2.88. The molecule has 0 aliphatic carbocycles. The Bertz CT molecular complexity index is 556. The molecule has 1 atom stereocenters. The van der Waals surface area contributed by atoms with Gasteiger partial charge >= 0.3 is 0 Å². The van der Waals surface area contributed by atoms with Crippen molar-refractivity contribution in [1.82, 2.24) is 9.78 Å². The third-order valence-electron chi connectivity index (χ3n) is 2.92. The van der Waals surface area contributed by atoms with Gasteiger partial charge in [0.25, 0.3) is 0 Å². The van der Waals surface area contributed by atoms with Gasteiger partial charge in [0.15, 0.2) is 0 Å². The molecular weight excluding hydrogens is 311 g/mol. The summed E-state index contributed by atoms with van der Waals surface area (Å²) in [6, 6.07) is 4.85. The van der Waals surface area contributed by atoms with Crippen LogP contribution in [0.3, 0.4) is 0 Å². The lowest BCUT2D eigenvalue weighted by Crippen LogP contribution is -2.03. The first-order chi connectivity index (χ1) is 9.10. The Morgan fingerprint density at radius 3 is 2.95 bits per heavy atom. The smallest absolute Gasteiger partial charge is 0.127 e. The van der Waals surface area contributed by atoms with Gasteiger partial charge in [-0.25, -0.2) is 4.39 Å². The summed E-state index contributed by atoms with van der Waals surface area (Å²) < 4.78 is 16.2. The summed E-state index contributed by atoms with van der Waals surface area (Å²) in [6.07, 6.45) is 3.94. The molecule has 1 N–H and O–H groups in total. The van der Waals surface area contributed by atoms with Crippen molar-refractivity contribution in [3.8, 4) is 0 Å². The summed E-state index contributed by atoms with van der Waals surface area (Å²) >= 11 is 3.21. The Hall–Kier alpha value is -1.20. The van der Waals surface area contributed by atoms with Crippen molar-refractivity contribution < 1.29 is 9.50 Å². The van der Waals surface area contributed by atoms with Gasteiger partial charge in [-0.1, -0.05) is 28.9 Å². The molecule has 1 aromatic heterocycles. The second kappa shape index (κ2) is 6.30. The average Bonchev–Trinajstić information content (AvgIpc) is 2.82. The lowest BCUT2D eigenvalue weighted by molar-refractivity contribution is 0.177. The molecule has 2 aromatic rings. The molecule has 0 fully saturated rings. The Balaban J connectivity index is 2.09. The van der Waals surface area contributed by atoms with Gasteiger partial charge in [0.05, 0.1) is 12.3 Å². The lowest BCUT2D eigenvalue weighted by atomic mass is 10.0. The van der Waals surface area contributed by atoms with E-state index in [-0.39, 0.29) is 12.2 Å². The highest BCUT2D eigenvalue weighted by Gasteiger charge is 2.13. The van der Waals surface area contributed by atoms with Crippen LogP contribution in [0.25, 0.3) is 0 Å². The van der Waals surface area contributed by atoms with Gasteiger partial charge in [-0.3, -0.25) is 4.68 Å². The van der Waals surface area contributed by atoms with Crippen molar-refractivity contribution in [1.29, 1.82) is 0 Å². The Morgan fingerprint density at radius 2 is 2.26 bits per heavy atom. The van der Waals surface area contributed by atoms with Crippen LogP contribution in [0, 0.1) is 5.82 Å². The van der Waals surface area contributed by atoms with Crippen LogP contribution in [0.1, 0.15) is 30.6 Å². The van der Waals surface area contributed by atoms with E-state index in [9.17, 15) is 9.50 Å². The number of aromatic nitrogens is 2. The highest BCUT2D eigenvalue weighted by atomic mass is 79.9. The van der Waals surface area contributed by atoms with E-state index in [0.717, 1.165) is 18.5 Å². The zero-order valence-corrected chi connectivity index (χ0v) is 12.3. The average molecular weight is 327 g/mol. The summed E-state index contributed by atoms with van der Waals surface area (Å²) in [4.78, 5) is 0. The fourth-order valence-electron chi connectivity index (χ4n) is 1.92. The second-order valence-electron chi connectivity index (χ2n) is 4.49. The highest BCUT2D eigenvalue weighted by molar-refractivity contribution is 9.10. The van der Waals surface area contributed by atoms with Gasteiger partial charge in [0, 0.05) is 29.2 Å². The number of aliphatic hydroxyl groups excluding tert-OH is 1. The zero-order valence-electron chi connectivity index (χ0n) is 10.7. The molecule has 0 aliphatic rings. The largest absolute Gasteiger partial charge is 0.388 e. The van der Waals surface area contributed by atoms with Crippen LogP contribution in [-0.2, 0) is 13.0 Å². The van der Waals surface area contributed by atoms with Gasteiger partial charge in [-0.05, 0) is 24.1 Å². The first-order valence-corrected chi connectivity index (χ1v) is 7.03. The zero-order chi connectivity index (χ0) is 13.8. The molecule has 0 radical (unpaired) electrons. The molecule has 1 heterocycles. The monoisotopic (exact) mass is 326 g/mol. The Labute approximate surface area is 120 Å². The van der Waals surface area contributed by atoms with Gasteiger partial charge in [0.1, 0.15) is 5.82 Å². The maximum absolute atomic E-state index is 13.7. The number of rotatable bonds is 5. The Morgan fingerprint density at radius 1 is 1.47 bits per heavy atom. The summed E-state index contributed by atoms with van der Waals surface area (Å²) in [7, 11) is 0. The van der Waals surface area contributed by atoms with E-state index in [4.69, 9.17) is 0 Å². The number of benzene rings is 1. The van der Waals surface area contributed by atoms with Gasteiger partial charge in [-0.2, -0.15) is 5.10 Å². The van der Waals surface area contributed by atoms with E-state index in [1.165, 1.54) is 6.07 Å². The molecule has 0 aliphatic heterocycles. The van der Waals surface area contributed by atoms with Crippen LogP contribution >= 0.6 is 15.9 Å². The van der Waals surface area contributed by atoms with E-state index < -0.39 is 6.10 Å². The SMILES string of the molecule is CCCn1cc(C(O)Cc2ccc(Br)cc2F)cn1. The fraction of sp³-hybridized carbons (Fsp3) is 0.357. The first-order valence-electron chi connectivity index (χ1n) is 6.24. The van der Waals surface area contributed by atoms with Crippen molar-refractivity contribution in [2.24, 2.45) is 0 Å². The third kappa shape index (κ3) is 3.64. The molecule has 0 saturated heterocycles. The van der Waals surface area contributed by atoms with Gasteiger partial charge < -0.3 is 5.11 Å². The molecule has 2 rings (SSSR count). The molecule has 102 valence electrons. The lowest BCUT2D eigenvalue weighted by Gasteiger charge is -2.09. The molecule has 3 nitrogen and oxygen atoms in total. The van der Waals surface area contributed by atoms with Crippen molar-refractivity contribution in [3.63, 3.8) is 0 Å². The number of hydrogen-bond acceptors (Lipinski definition) is 2. The van der Waals surface area contributed by atoms with Crippen LogP contribution in [0.4, 0.5) is 4.39 Å². The standard InChI is InChI=1S/C14H16BrFN2O/c1-2-5-18-9-11(8-17-18)14(19)6-10-3-4-12(15)7-13(10)16/h3-4,7-9,14,19H,2,5-6H2,1H3.